The second-order valence-corrected chi connectivity index (χ2v) is 8.53. The van der Waals surface area contributed by atoms with Crippen molar-refractivity contribution in [3.8, 4) is 0 Å². The number of non-ortho nitro benzene ring substituents is 1. The number of carboxylic acid groups (broad SMARTS) is 1. The first-order valence-electron chi connectivity index (χ1n) is 11.3. The van der Waals surface area contributed by atoms with Gasteiger partial charge in [-0.3, -0.25) is 14.9 Å². The summed E-state index contributed by atoms with van der Waals surface area (Å²) in [5.41, 5.74) is 0.0463. The van der Waals surface area contributed by atoms with Crippen molar-refractivity contribution >= 4 is 23.3 Å². The molecule has 0 aromatic heterocycles. The third-order valence-corrected chi connectivity index (χ3v) is 6.77. The molecule has 8 nitrogen and oxygen atoms in total. The molecule has 0 radical (unpaired) electrons. The van der Waals surface area contributed by atoms with Crippen molar-refractivity contribution in [2.75, 3.05) is 5.32 Å². The molecule has 2 aliphatic rings. The van der Waals surface area contributed by atoms with Gasteiger partial charge >= 0.3 is 5.97 Å². The van der Waals surface area contributed by atoms with Crippen LogP contribution in [0.2, 0.25) is 0 Å². The van der Waals surface area contributed by atoms with E-state index in [1.807, 2.05) is 37.3 Å². The molecule has 1 atom stereocenters. The fourth-order valence-electron chi connectivity index (χ4n) is 5.30. The molecule has 33 heavy (non-hydrogen) atoms. The highest BCUT2D eigenvalue weighted by Gasteiger charge is 2.56. The summed E-state index contributed by atoms with van der Waals surface area (Å²) < 4.78 is 0. The maximum atomic E-state index is 13.9. The van der Waals surface area contributed by atoms with E-state index in [4.69, 9.17) is 0 Å². The third-order valence-electron chi connectivity index (χ3n) is 6.77. The number of aliphatic carboxylic acids is 1. The van der Waals surface area contributed by atoms with Crippen molar-refractivity contribution in [1.29, 1.82) is 0 Å². The summed E-state index contributed by atoms with van der Waals surface area (Å²) in [5.74, 6) is -1.50. The molecule has 1 aliphatic heterocycles. The minimum absolute atomic E-state index is 0.0186. The van der Waals surface area contributed by atoms with Crippen molar-refractivity contribution in [3.05, 3.63) is 81.5 Å². The van der Waals surface area contributed by atoms with Gasteiger partial charge in [0.2, 0.25) is 0 Å². The van der Waals surface area contributed by atoms with Gasteiger partial charge in [0, 0.05) is 23.9 Å². The van der Waals surface area contributed by atoms with Gasteiger partial charge in [-0.05, 0) is 37.0 Å². The second kappa shape index (κ2) is 9.05. The van der Waals surface area contributed by atoms with Crippen LogP contribution in [0.25, 0.3) is 0 Å². The van der Waals surface area contributed by atoms with Crippen molar-refractivity contribution in [2.24, 2.45) is 0 Å². The number of hydrogen-bond donors (Lipinski definition) is 2. The first-order chi connectivity index (χ1) is 15.9. The summed E-state index contributed by atoms with van der Waals surface area (Å²) >= 11 is 0. The normalized spacial score (nSPS) is 21.4. The maximum absolute atomic E-state index is 13.9. The number of carboxylic acids is 1. The molecule has 1 unspecified atom stereocenters. The Hall–Kier alpha value is -3.68. The van der Waals surface area contributed by atoms with Crippen LogP contribution in [0.15, 0.2) is 65.9 Å². The van der Waals surface area contributed by atoms with Gasteiger partial charge in [0.15, 0.2) is 0 Å². The molecule has 1 saturated carbocycles. The van der Waals surface area contributed by atoms with E-state index in [-0.39, 0.29) is 28.9 Å². The number of amides is 1. The Morgan fingerprint density at radius 1 is 1.12 bits per heavy atom. The monoisotopic (exact) mass is 449 g/mol. The molecule has 172 valence electrons. The number of anilines is 1. The highest BCUT2D eigenvalue weighted by atomic mass is 16.6. The van der Waals surface area contributed by atoms with E-state index < -0.39 is 16.4 Å². The molecule has 8 heteroatoms. The fraction of sp³-hybridized carbons (Fsp3) is 0.360. The molecular formula is C25H27N3O5. The number of nitrogens with zero attached hydrogens (tertiary/aromatic N) is 2. The molecule has 2 aromatic carbocycles. The van der Waals surface area contributed by atoms with E-state index in [2.05, 4.69) is 5.32 Å². The number of nitro groups is 1. The molecule has 1 fully saturated rings. The van der Waals surface area contributed by atoms with Crippen LogP contribution in [0.1, 0.15) is 51.0 Å². The number of nitro benzene ring substituents is 1. The number of carbonyl (C=O) groups is 2. The minimum Gasteiger partial charge on any atom is -0.478 e. The maximum Gasteiger partial charge on any atom is 0.336 e. The smallest absolute Gasteiger partial charge is 0.336 e. The van der Waals surface area contributed by atoms with Gasteiger partial charge in [0.25, 0.3) is 11.6 Å². The Balaban J connectivity index is 1.87. The Kier molecular flexibility index (Phi) is 6.18. The quantitative estimate of drug-likeness (QED) is 0.463. The van der Waals surface area contributed by atoms with Gasteiger partial charge in [-0.25, -0.2) is 4.79 Å². The van der Waals surface area contributed by atoms with Crippen molar-refractivity contribution in [2.45, 2.75) is 57.0 Å². The van der Waals surface area contributed by atoms with E-state index in [1.54, 1.807) is 4.90 Å². The number of rotatable bonds is 7. The molecule has 1 heterocycles. The minimum atomic E-state index is -1.16. The average molecular weight is 450 g/mol. The van der Waals surface area contributed by atoms with Crippen molar-refractivity contribution in [1.82, 2.24) is 4.90 Å². The van der Waals surface area contributed by atoms with E-state index in [0.717, 1.165) is 37.7 Å². The number of hydrogen-bond acceptors (Lipinski definition) is 5. The number of benzene rings is 2. The Bertz CT molecular complexity index is 1090. The van der Waals surface area contributed by atoms with E-state index >= 15 is 0 Å². The van der Waals surface area contributed by atoms with Crippen LogP contribution in [0, 0.1) is 10.1 Å². The molecule has 2 N–H and O–H groups in total. The largest absolute Gasteiger partial charge is 0.478 e. The van der Waals surface area contributed by atoms with Crippen LogP contribution in [-0.4, -0.2) is 32.8 Å². The molecule has 2 aromatic rings. The summed E-state index contributed by atoms with van der Waals surface area (Å²) in [6.45, 7) is 1.91. The summed E-state index contributed by atoms with van der Waals surface area (Å²) in [4.78, 5) is 38.9. The summed E-state index contributed by atoms with van der Waals surface area (Å²) in [6.07, 6.45) is 5.17. The van der Waals surface area contributed by atoms with Gasteiger partial charge in [-0.15, -0.1) is 0 Å². The average Bonchev–Trinajstić information content (AvgIpc) is 3.09. The van der Waals surface area contributed by atoms with Gasteiger partial charge in [0.05, 0.1) is 10.5 Å². The van der Waals surface area contributed by atoms with Crippen molar-refractivity contribution < 1.29 is 19.6 Å². The Morgan fingerprint density at radius 3 is 2.30 bits per heavy atom. The third kappa shape index (κ3) is 3.86. The summed E-state index contributed by atoms with van der Waals surface area (Å²) in [6, 6.07) is 14.9. The van der Waals surface area contributed by atoms with Crippen LogP contribution in [0.4, 0.5) is 11.4 Å². The standard InChI is InChI=1S/C25H27N3O5/c1-2-25(17-9-5-3-6-10-17)21(24(30)31)22(23(29)27(25)19-11-7-4-8-12-19)26-18-13-15-20(16-14-18)28(32)33/h3,5-6,9-10,13-16,19,26H,2,4,7-8,11-12H2,1H3,(H,30,31). The van der Waals surface area contributed by atoms with E-state index in [0.29, 0.717) is 12.1 Å². The van der Waals surface area contributed by atoms with Gasteiger partial charge < -0.3 is 15.3 Å². The van der Waals surface area contributed by atoms with E-state index in [9.17, 15) is 24.8 Å². The van der Waals surface area contributed by atoms with Crippen LogP contribution in [-0.2, 0) is 15.1 Å². The van der Waals surface area contributed by atoms with Gasteiger partial charge in [0.1, 0.15) is 11.2 Å². The lowest BCUT2D eigenvalue weighted by Gasteiger charge is -2.45. The molecule has 1 amide bonds. The Labute approximate surface area is 192 Å². The Morgan fingerprint density at radius 2 is 1.76 bits per heavy atom. The molecule has 4 rings (SSSR count). The first kappa shape index (κ1) is 22.5. The first-order valence-corrected chi connectivity index (χ1v) is 11.3. The fourth-order valence-corrected chi connectivity index (χ4v) is 5.30. The van der Waals surface area contributed by atoms with Crippen LogP contribution >= 0.6 is 0 Å². The van der Waals surface area contributed by atoms with Gasteiger partial charge in [-0.1, -0.05) is 56.5 Å². The molecule has 0 bridgehead atoms. The zero-order valence-electron chi connectivity index (χ0n) is 18.5. The molecule has 0 saturated heterocycles. The zero-order valence-corrected chi connectivity index (χ0v) is 18.5. The second-order valence-electron chi connectivity index (χ2n) is 8.53. The number of carbonyl (C=O) groups excluding carboxylic acids is 1. The topological polar surface area (TPSA) is 113 Å². The zero-order chi connectivity index (χ0) is 23.6. The molecule has 1 aliphatic carbocycles. The molecular weight excluding hydrogens is 422 g/mol. The predicted octanol–water partition coefficient (Wildman–Crippen LogP) is 4.83. The lowest BCUT2D eigenvalue weighted by atomic mass is 9.78. The molecule has 0 spiro atoms. The van der Waals surface area contributed by atoms with Crippen molar-refractivity contribution in [3.63, 3.8) is 0 Å². The van der Waals surface area contributed by atoms with E-state index in [1.165, 1.54) is 24.3 Å². The highest BCUT2D eigenvalue weighted by molar-refractivity contribution is 6.10. The van der Waals surface area contributed by atoms with Gasteiger partial charge in [-0.2, -0.15) is 0 Å². The lowest BCUT2D eigenvalue weighted by Crippen LogP contribution is -2.52. The number of nitrogens with one attached hydrogen (secondary N) is 1. The summed E-state index contributed by atoms with van der Waals surface area (Å²) in [7, 11) is 0. The van der Waals surface area contributed by atoms with Crippen LogP contribution in [0.5, 0.6) is 0 Å². The van der Waals surface area contributed by atoms with Crippen LogP contribution in [0.3, 0.4) is 0 Å². The SMILES string of the molecule is CCC1(c2ccccc2)C(C(=O)O)=C(Nc2ccc([N+](=O)[O-])cc2)C(=O)N1C1CCCCC1. The van der Waals surface area contributed by atoms with Crippen LogP contribution < -0.4 is 5.32 Å². The lowest BCUT2D eigenvalue weighted by molar-refractivity contribution is -0.384. The summed E-state index contributed by atoms with van der Waals surface area (Å²) in [5, 5.41) is 24.4. The highest BCUT2D eigenvalue weighted by Crippen LogP contribution is 2.49. The predicted molar refractivity (Wildman–Crippen MR) is 124 cm³/mol.